The van der Waals surface area contributed by atoms with Gasteiger partial charge in [0.25, 0.3) is 5.95 Å². The first kappa shape index (κ1) is 18.9. The van der Waals surface area contributed by atoms with Crippen LogP contribution in [0.5, 0.6) is 0 Å². The second kappa shape index (κ2) is 7.19. The summed E-state index contributed by atoms with van der Waals surface area (Å²) in [7, 11) is 0. The minimum Gasteiger partial charge on any atom is -0.367 e. The van der Waals surface area contributed by atoms with Gasteiger partial charge in [0.05, 0.1) is 11.2 Å². The molecule has 0 unspecified atom stereocenters. The zero-order chi connectivity index (χ0) is 19.9. The van der Waals surface area contributed by atoms with Crippen molar-refractivity contribution in [3.63, 3.8) is 0 Å². The molecule has 5 heteroatoms. The van der Waals surface area contributed by atoms with E-state index in [1.54, 1.807) is 0 Å². The molecule has 0 bridgehead atoms. The van der Waals surface area contributed by atoms with Gasteiger partial charge in [0.2, 0.25) is 0 Å². The summed E-state index contributed by atoms with van der Waals surface area (Å²) in [6.07, 6.45) is 4.92. The average molecular weight is 378 g/mol. The van der Waals surface area contributed by atoms with E-state index >= 15 is 0 Å². The Bertz CT molecular complexity index is 974. The number of nitrogens with zero attached hydrogens (tertiary/aromatic N) is 4. The van der Waals surface area contributed by atoms with Crippen LogP contribution in [0.2, 0.25) is 0 Å². The monoisotopic (exact) mass is 377 g/mol. The van der Waals surface area contributed by atoms with Crippen LogP contribution in [0, 0.1) is 25.2 Å². The smallest absolute Gasteiger partial charge is 0.253 e. The predicted octanol–water partition coefficient (Wildman–Crippen LogP) is 5.45. The molecule has 1 N–H and O–H groups in total. The van der Waals surface area contributed by atoms with E-state index in [4.69, 9.17) is 9.97 Å². The summed E-state index contributed by atoms with van der Waals surface area (Å²) in [6, 6.07) is 10.7. The highest BCUT2D eigenvalue weighted by molar-refractivity contribution is 5.89. The Kier molecular flexibility index (Phi) is 4.86. The van der Waals surface area contributed by atoms with Crippen molar-refractivity contribution >= 4 is 16.7 Å². The van der Waals surface area contributed by atoms with Crippen molar-refractivity contribution in [3.8, 4) is 5.95 Å². The van der Waals surface area contributed by atoms with Gasteiger partial charge in [0.15, 0.2) is 0 Å². The quantitative estimate of drug-likeness (QED) is 0.659. The van der Waals surface area contributed by atoms with E-state index in [-0.39, 0.29) is 0 Å². The van der Waals surface area contributed by atoms with Gasteiger partial charge in [-0.25, -0.2) is 9.67 Å². The summed E-state index contributed by atoms with van der Waals surface area (Å²) in [5, 5.41) is 9.39. The van der Waals surface area contributed by atoms with Crippen molar-refractivity contribution in [2.45, 2.75) is 66.3 Å². The second-order valence-electron chi connectivity index (χ2n) is 9.29. The standard InChI is InChI=1S/C23H31N5/c1-15-14-16(2)28(27-15)22-25-20-9-7-6-8-19(20)21(26-22)24-18-12-10-17(11-13-18)23(3,4)5/h6-9,14,17-18H,10-13H2,1-5H3,(H,24,25,26). The van der Waals surface area contributed by atoms with E-state index < -0.39 is 0 Å². The van der Waals surface area contributed by atoms with Gasteiger partial charge < -0.3 is 5.32 Å². The summed E-state index contributed by atoms with van der Waals surface area (Å²) < 4.78 is 1.84. The molecule has 2 heterocycles. The van der Waals surface area contributed by atoms with E-state index in [0.29, 0.717) is 17.4 Å². The Hall–Kier alpha value is -2.43. The van der Waals surface area contributed by atoms with Crippen LogP contribution in [0.15, 0.2) is 30.3 Å². The number of fused-ring (bicyclic) bond motifs is 1. The SMILES string of the molecule is Cc1cc(C)n(-c2nc(NC3CCC(C(C)(C)C)CC3)c3ccccc3n2)n1. The topological polar surface area (TPSA) is 55.6 Å². The summed E-state index contributed by atoms with van der Waals surface area (Å²) >= 11 is 0. The van der Waals surface area contributed by atoms with Crippen LogP contribution in [0.4, 0.5) is 5.82 Å². The predicted molar refractivity (Wildman–Crippen MR) is 115 cm³/mol. The fourth-order valence-corrected chi connectivity index (χ4v) is 4.40. The zero-order valence-electron chi connectivity index (χ0n) is 17.7. The molecule has 1 aromatic carbocycles. The summed E-state index contributed by atoms with van der Waals surface area (Å²) in [4.78, 5) is 9.65. The lowest BCUT2D eigenvalue weighted by Gasteiger charge is -2.37. The summed E-state index contributed by atoms with van der Waals surface area (Å²) in [5.74, 6) is 2.36. The number of hydrogen-bond acceptors (Lipinski definition) is 4. The molecule has 0 saturated heterocycles. The highest BCUT2D eigenvalue weighted by atomic mass is 15.4. The maximum atomic E-state index is 4.89. The second-order valence-corrected chi connectivity index (χ2v) is 9.29. The van der Waals surface area contributed by atoms with Gasteiger partial charge in [0.1, 0.15) is 5.82 Å². The number of para-hydroxylation sites is 1. The van der Waals surface area contributed by atoms with Crippen molar-refractivity contribution in [2.75, 3.05) is 5.32 Å². The zero-order valence-corrected chi connectivity index (χ0v) is 17.7. The Labute approximate surface area is 167 Å². The molecule has 0 aliphatic heterocycles. The number of anilines is 1. The van der Waals surface area contributed by atoms with Crippen molar-refractivity contribution in [2.24, 2.45) is 11.3 Å². The molecule has 4 rings (SSSR count). The van der Waals surface area contributed by atoms with E-state index in [2.05, 4.69) is 49.4 Å². The lowest BCUT2D eigenvalue weighted by molar-refractivity contribution is 0.173. The Morgan fingerprint density at radius 3 is 2.36 bits per heavy atom. The fourth-order valence-electron chi connectivity index (χ4n) is 4.40. The van der Waals surface area contributed by atoms with Gasteiger partial charge in [0, 0.05) is 17.1 Å². The van der Waals surface area contributed by atoms with E-state index in [1.165, 1.54) is 25.7 Å². The lowest BCUT2D eigenvalue weighted by atomic mass is 9.71. The molecule has 0 radical (unpaired) electrons. The molecule has 0 spiro atoms. The normalized spacial score (nSPS) is 20.5. The molecule has 2 aromatic heterocycles. The highest BCUT2D eigenvalue weighted by Gasteiger charge is 2.30. The van der Waals surface area contributed by atoms with Crippen LogP contribution in [0.1, 0.15) is 57.8 Å². The average Bonchev–Trinajstić information content (AvgIpc) is 2.99. The largest absolute Gasteiger partial charge is 0.367 e. The highest BCUT2D eigenvalue weighted by Crippen LogP contribution is 2.38. The Morgan fingerprint density at radius 1 is 1.00 bits per heavy atom. The van der Waals surface area contributed by atoms with Crippen LogP contribution in [0.25, 0.3) is 16.9 Å². The minimum atomic E-state index is 0.398. The molecular weight excluding hydrogens is 346 g/mol. The van der Waals surface area contributed by atoms with Crippen molar-refractivity contribution < 1.29 is 0 Å². The lowest BCUT2D eigenvalue weighted by Crippen LogP contribution is -2.32. The van der Waals surface area contributed by atoms with Crippen LogP contribution in [0.3, 0.4) is 0 Å². The first-order chi connectivity index (χ1) is 13.3. The first-order valence-electron chi connectivity index (χ1n) is 10.4. The number of rotatable bonds is 3. The molecule has 1 fully saturated rings. The summed E-state index contributed by atoms with van der Waals surface area (Å²) in [5.41, 5.74) is 3.37. The number of aromatic nitrogens is 4. The van der Waals surface area contributed by atoms with Crippen molar-refractivity contribution in [3.05, 3.63) is 41.7 Å². The van der Waals surface area contributed by atoms with E-state index in [1.807, 2.05) is 30.7 Å². The summed E-state index contributed by atoms with van der Waals surface area (Å²) in [6.45, 7) is 11.1. The van der Waals surface area contributed by atoms with Gasteiger partial charge in [-0.2, -0.15) is 10.1 Å². The third-order valence-electron chi connectivity index (χ3n) is 6.08. The molecule has 1 saturated carbocycles. The van der Waals surface area contributed by atoms with Crippen LogP contribution in [-0.2, 0) is 0 Å². The number of aryl methyl sites for hydroxylation is 2. The van der Waals surface area contributed by atoms with Crippen LogP contribution < -0.4 is 5.32 Å². The van der Waals surface area contributed by atoms with Gasteiger partial charge in [-0.05, 0) is 69.1 Å². The van der Waals surface area contributed by atoms with Crippen molar-refractivity contribution in [1.29, 1.82) is 0 Å². The molecule has 148 valence electrons. The van der Waals surface area contributed by atoms with Gasteiger partial charge in [-0.15, -0.1) is 0 Å². The Morgan fingerprint density at radius 2 is 1.71 bits per heavy atom. The van der Waals surface area contributed by atoms with Gasteiger partial charge >= 0.3 is 0 Å². The fraction of sp³-hybridized carbons (Fsp3) is 0.522. The molecule has 3 aromatic rings. The third kappa shape index (κ3) is 3.75. The van der Waals surface area contributed by atoms with Crippen LogP contribution in [-0.4, -0.2) is 25.8 Å². The molecule has 1 aliphatic rings. The third-order valence-corrected chi connectivity index (χ3v) is 6.08. The molecule has 1 aliphatic carbocycles. The van der Waals surface area contributed by atoms with Crippen LogP contribution >= 0.6 is 0 Å². The molecule has 0 atom stereocenters. The van der Waals surface area contributed by atoms with Crippen molar-refractivity contribution in [1.82, 2.24) is 19.7 Å². The number of hydrogen-bond donors (Lipinski definition) is 1. The molecular formula is C23H31N5. The minimum absolute atomic E-state index is 0.398. The van der Waals surface area contributed by atoms with E-state index in [9.17, 15) is 0 Å². The maximum Gasteiger partial charge on any atom is 0.253 e. The Balaban J connectivity index is 1.64. The molecule has 5 nitrogen and oxygen atoms in total. The van der Waals surface area contributed by atoms with E-state index in [0.717, 1.165) is 34.0 Å². The molecule has 0 amide bonds. The first-order valence-corrected chi connectivity index (χ1v) is 10.4. The number of nitrogens with one attached hydrogen (secondary N) is 1. The number of benzene rings is 1. The molecule has 28 heavy (non-hydrogen) atoms. The van der Waals surface area contributed by atoms with Gasteiger partial charge in [-0.1, -0.05) is 32.9 Å². The van der Waals surface area contributed by atoms with Gasteiger partial charge in [-0.3, -0.25) is 0 Å². The maximum absolute atomic E-state index is 4.89.